The van der Waals surface area contributed by atoms with E-state index < -0.39 is 5.72 Å². The molecule has 0 heterocycles. The van der Waals surface area contributed by atoms with Crippen molar-refractivity contribution in [2.24, 2.45) is 34.3 Å². The van der Waals surface area contributed by atoms with Crippen molar-refractivity contribution in [2.45, 2.75) is 171 Å². The van der Waals surface area contributed by atoms with Gasteiger partial charge in [-0.3, -0.25) is 0 Å². The van der Waals surface area contributed by atoms with E-state index in [0.29, 0.717) is 24.4 Å². The summed E-state index contributed by atoms with van der Waals surface area (Å²) in [7, 11) is 0. The fraction of sp³-hybridized carbons (Fsp3) is 0.944. The van der Waals surface area contributed by atoms with E-state index in [1.165, 1.54) is 37.7 Å². The van der Waals surface area contributed by atoms with Crippen molar-refractivity contribution < 1.29 is 14.6 Å². The Balaban J connectivity index is 4.53. The standard InChI is InChI=1S/C36H73NO3/c1-13-35(11,39-27-22-31(5)18-14-17-29(2)3)33(7,8)24-15-20-32(6)23-28-40-36(12,37)34(9,10)25-16-19-30(4)21-26-38/h17,30-32,38H,13-16,18-28,37H2,1-12H3. The van der Waals surface area contributed by atoms with Gasteiger partial charge in [-0.05, 0) is 102 Å². The van der Waals surface area contributed by atoms with Gasteiger partial charge in [0.1, 0.15) is 5.72 Å². The zero-order valence-corrected chi connectivity index (χ0v) is 29.3. The van der Waals surface area contributed by atoms with Gasteiger partial charge in [-0.25, -0.2) is 0 Å². The van der Waals surface area contributed by atoms with Crippen LogP contribution in [0, 0.1) is 28.6 Å². The average molecular weight is 568 g/mol. The van der Waals surface area contributed by atoms with Gasteiger partial charge in [0.25, 0.3) is 0 Å². The second kappa shape index (κ2) is 19.0. The van der Waals surface area contributed by atoms with Gasteiger partial charge in [-0.2, -0.15) is 0 Å². The number of aliphatic hydroxyl groups excluding tert-OH is 1. The second-order valence-corrected chi connectivity index (χ2v) is 15.2. The zero-order valence-electron chi connectivity index (χ0n) is 29.3. The van der Waals surface area contributed by atoms with E-state index in [4.69, 9.17) is 20.3 Å². The Labute approximate surface area is 251 Å². The fourth-order valence-electron chi connectivity index (χ4n) is 5.54. The van der Waals surface area contributed by atoms with Crippen LogP contribution in [-0.4, -0.2) is 36.3 Å². The highest BCUT2D eigenvalue weighted by molar-refractivity contribution is 4.93. The predicted octanol–water partition coefficient (Wildman–Crippen LogP) is 10.1. The van der Waals surface area contributed by atoms with Crippen LogP contribution in [-0.2, 0) is 9.47 Å². The van der Waals surface area contributed by atoms with E-state index in [-0.39, 0.29) is 23.0 Å². The molecule has 0 aromatic heterocycles. The first-order valence-electron chi connectivity index (χ1n) is 16.7. The maximum absolute atomic E-state index is 9.14. The molecule has 0 amide bonds. The lowest BCUT2D eigenvalue weighted by molar-refractivity contribution is -0.120. The topological polar surface area (TPSA) is 64.7 Å². The van der Waals surface area contributed by atoms with Crippen LogP contribution in [0.4, 0.5) is 0 Å². The molecule has 4 heteroatoms. The molecule has 0 aliphatic rings. The van der Waals surface area contributed by atoms with E-state index in [2.05, 4.69) is 82.2 Å². The molecule has 0 radical (unpaired) electrons. The molecule has 0 spiro atoms. The number of nitrogens with two attached hydrogens (primary N) is 1. The third kappa shape index (κ3) is 15.2. The predicted molar refractivity (Wildman–Crippen MR) is 176 cm³/mol. The van der Waals surface area contributed by atoms with E-state index >= 15 is 0 Å². The Hall–Kier alpha value is -0.420. The zero-order chi connectivity index (χ0) is 31.0. The van der Waals surface area contributed by atoms with Crippen LogP contribution >= 0.6 is 0 Å². The summed E-state index contributed by atoms with van der Waals surface area (Å²) in [5.74, 6) is 1.87. The third-order valence-electron chi connectivity index (χ3n) is 10.3. The third-order valence-corrected chi connectivity index (χ3v) is 10.3. The lowest BCUT2D eigenvalue weighted by atomic mass is 9.70. The first kappa shape index (κ1) is 39.6. The van der Waals surface area contributed by atoms with Crippen molar-refractivity contribution in [1.82, 2.24) is 0 Å². The molecule has 5 unspecified atom stereocenters. The SMILES string of the molecule is CCC(C)(OCCC(C)CCC=C(C)C)C(C)(C)CCCC(C)CCOC(C)(N)C(C)(C)CCCC(C)CCO. The molecular weight excluding hydrogens is 494 g/mol. The first-order chi connectivity index (χ1) is 18.4. The van der Waals surface area contributed by atoms with E-state index in [1.54, 1.807) is 0 Å². The van der Waals surface area contributed by atoms with Crippen molar-refractivity contribution in [3.63, 3.8) is 0 Å². The van der Waals surface area contributed by atoms with Crippen molar-refractivity contribution in [2.75, 3.05) is 19.8 Å². The fourth-order valence-corrected chi connectivity index (χ4v) is 5.54. The van der Waals surface area contributed by atoms with Gasteiger partial charge >= 0.3 is 0 Å². The van der Waals surface area contributed by atoms with Crippen molar-refractivity contribution in [3.8, 4) is 0 Å². The monoisotopic (exact) mass is 568 g/mol. The molecule has 0 aromatic carbocycles. The molecule has 40 heavy (non-hydrogen) atoms. The summed E-state index contributed by atoms with van der Waals surface area (Å²) >= 11 is 0. The molecule has 0 saturated heterocycles. The molecule has 0 aromatic rings. The van der Waals surface area contributed by atoms with Gasteiger partial charge in [0.2, 0.25) is 0 Å². The summed E-state index contributed by atoms with van der Waals surface area (Å²) in [5.41, 5.74) is 7.42. The van der Waals surface area contributed by atoms with Crippen LogP contribution in [0.1, 0.15) is 160 Å². The van der Waals surface area contributed by atoms with Gasteiger partial charge in [-0.1, -0.05) is 92.7 Å². The average Bonchev–Trinajstić information content (AvgIpc) is 2.83. The summed E-state index contributed by atoms with van der Waals surface area (Å²) in [6.07, 6.45) is 15.8. The summed E-state index contributed by atoms with van der Waals surface area (Å²) in [6, 6.07) is 0. The molecule has 240 valence electrons. The molecule has 0 aliphatic carbocycles. The van der Waals surface area contributed by atoms with Crippen molar-refractivity contribution in [3.05, 3.63) is 11.6 Å². The second-order valence-electron chi connectivity index (χ2n) is 15.2. The maximum Gasteiger partial charge on any atom is 0.119 e. The molecule has 4 nitrogen and oxygen atoms in total. The van der Waals surface area contributed by atoms with Crippen molar-refractivity contribution in [1.29, 1.82) is 0 Å². The van der Waals surface area contributed by atoms with Gasteiger partial charge in [0.15, 0.2) is 0 Å². The molecule has 0 bridgehead atoms. The quantitative estimate of drug-likeness (QED) is 0.0899. The number of allylic oxidation sites excluding steroid dienone is 2. The van der Waals surface area contributed by atoms with Crippen LogP contribution in [0.25, 0.3) is 0 Å². The lowest BCUT2D eigenvalue weighted by Crippen LogP contribution is -2.52. The molecule has 5 atom stereocenters. The molecule has 0 aliphatic heterocycles. The molecule has 3 N–H and O–H groups in total. The van der Waals surface area contributed by atoms with Gasteiger partial charge < -0.3 is 20.3 Å². The molecule has 0 fully saturated rings. The van der Waals surface area contributed by atoms with Crippen LogP contribution in [0.2, 0.25) is 0 Å². The van der Waals surface area contributed by atoms with Crippen LogP contribution in [0.5, 0.6) is 0 Å². The number of aliphatic hydroxyl groups is 1. The van der Waals surface area contributed by atoms with Gasteiger partial charge in [-0.15, -0.1) is 0 Å². The number of ether oxygens (including phenoxy) is 2. The number of hydrogen-bond donors (Lipinski definition) is 2. The minimum atomic E-state index is -0.641. The Morgan fingerprint density at radius 3 is 1.70 bits per heavy atom. The van der Waals surface area contributed by atoms with Gasteiger partial charge in [0.05, 0.1) is 5.60 Å². The van der Waals surface area contributed by atoms with E-state index in [0.717, 1.165) is 51.6 Å². The van der Waals surface area contributed by atoms with Crippen LogP contribution < -0.4 is 5.73 Å². The smallest absolute Gasteiger partial charge is 0.119 e. The minimum Gasteiger partial charge on any atom is -0.396 e. The summed E-state index contributed by atoms with van der Waals surface area (Å²) in [6.45, 7) is 29.0. The summed E-state index contributed by atoms with van der Waals surface area (Å²) < 4.78 is 12.9. The normalized spacial score (nSPS) is 18.1. The Kier molecular flexibility index (Phi) is 18.8. The highest BCUT2D eigenvalue weighted by Crippen LogP contribution is 2.42. The Morgan fingerprint density at radius 2 is 1.20 bits per heavy atom. The molecule has 0 saturated carbocycles. The highest BCUT2D eigenvalue weighted by atomic mass is 16.5. The first-order valence-corrected chi connectivity index (χ1v) is 16.7. The highest BCUT2D eigenvalue weighted by Gasteiger charge is 2.40. The Bertz CT molecular complexity index is 680. The van der Waals surface area contributed by atoms with Gasteiger partial charge in [0, 0.05) is 25.2 Å². The van der Waals surface area contributed by atoms with E-state index in [1.807, 2.05) is 6.92 Å². The minimum absolute atomic E-state index is 0.0901. The Morgan fingerprint density at radius 1 is 0.725 bits per heavy atom. The lowest BCUT2D eigenvalue weighted by Gasteiger charge is -2.44. The summed E-state index contributed by atoms with van der Waals surface area (Å²) in [4.78, 5) is 0. The number of rotatable bonds is 24. The van der Waals surface area contributed by atoms with Crippen LogP contribution in [0.15, 0.2) is 11.6 Å². The van der Waals surface area contributed by atoms with Crippen LogP contribution in [0.3, 0.4) is 0 Å². The largest absolute Gasteiger partial charge is 0.396 e. The molecular formula is C36H73NO3. The molecule has 0 rings (SSSR count). The maximum atomic E-state index is 9.14. The number of hydrogen-bond acceptors (Lipinski definition) is 4. The summed E-state index contributed by atoms with van der Waals surface area (Å²) in [5, 5.41) is 9.14. The van der Waals surface area contributed by atoms with E-state index in [9.17, 15) is 0 Å². The van der Waals surface area contributed by atoms with Crippen molar-refractivity contribution >= 4 is 0 Å².